The van der Waals surface area contributed by atoms with Crippen molar-refractivity contribution in [1.82, 2.24) is 15.2 Å². The van der Waals surface area contributed by atoms with Crippen molar-refractivity contribution in [1.29, 1.82) is 0 Å². The zero-order chi connectivity index (χ0) is 23.6. The second-order valence-corrected chi connectivity index (χ2v) is 11.0. The third-order valence-corrected chi connectivity index (χ3v) is 6.63. The van der Waals surface area contributed by atoms with Crippen LogP contribution in [0.4, 0.5) is 4.39 Å². The second kappa shape index (κ2) is 9.38. The van der Waals surface area contributed by atoms with Crippen molar-refractivity contribution < 1.29 is 9.18 Å². The molecule has 0 unspecified atom stereocenters. The summed E-state index contributed by atoms with van der Waals surface area (Å²) < 4.78 is 13.1. The van der Waals surface area contributed by atoms with Crippen LogP contribution < -0.4 is 5.32 Å². The third-order valence-electron chi connectivity index (χ3n) is 6.63. The topological polar surface area (TPSA) is 45.2 Å². The summed E-state index contributed by atoms with van der Waals surface area (Å²) in [6, 6.07) is 10.8. The number of halogens is 1. The standard InChI is InChI=1S/C28H36FN3O/c1-27(2)16-22(17-28(3,4)31-27)15-26(33)32-13-5-6-23(19-32)25-12-9-21(18-30-25)14-20-7-10-24(29)11-8-20/h7-12,16,18,23,31H,5-6,13-15,17,19H2,1-4H3/t23-/m0/s1. The van der Waals surface area contributed by atoms with Gasteiger partial charge in [0.15, 0.2) is 0 Å². The lowest BCUT2D eigenvalue weighted by molar-refractivity contribution is -0.131. The highest BCUT2D eigenvalue weighted by atomic mass is 19.1. The molecule has 2 aromatic rings. The van der Waals surface area contributed by atoms with Crippen LogP contribution in [-0.2, 0) is 11.2 Å². The Hall–Kier alpha value is -2.53. The van der Waals surface area contributed by atoms with Crippen molar-refractivity contribution in [3.8, 4) is 0 Å². The highest BCUT2D eigenvalue weighted by Gasteiger charge is 2.33. The van der Waals surface area contributed by atoms with Gasteiger partial charge in [-0.1, -0.05) is 29.8 Å². The molecule has 0 bridgehead atoms. The number of carbonyl (C=O) groups is 1. The SMILES string of the molecule is CC1(C)C=C(CC(=O)N2CCC[C@H](c3ccc(Cc4ccc(F)cc4)cn3)C2)CC(C)(C)N1. The Kier molecular flexibility index (Phi) is 6.71. The van der Waals surface area contributed by atoms with Crippen LogP contribution in [0.2, 0.25) is 0 Å². The average Bonchev–Trinajstić information content (AvgIpc) is 2.74. The number of piperidine rings is 1. The molecule has 0 aliphatic carbocycles. The number of nitrogens with one attached hydrogen (secondary N) is 1. The number of nitrogens with zero attached hydrogens (tertiary/aromatic N) is 2. The van der Waals surface area contributed by atoms with Crippen LogP contribution in [0.3, 0.4) is 0 Å². The summed E-state index contributed by atoms with van der Waals surface area (Å²) in [5.74, 6) is 0.289. The predicted molar refractivity (Wildman–Crippen MR) is 131 cm³/mol. The molecule has 1 atom stereocenters. The predicted octanol–water partition coefficient (Wildman–Crippen LogP) is 5.38. The lowest BCUT2D eigenvalue weighted by atomic mass is 9.82. The van der Waals surface area contributed by atoms with Gasteiger partial charge in [-0.15, -0.1) is 0 Å². The number of aromatic nitrogens is 1. The molecular weight excluding hydrogens is 413 g/mol. The molecule has 33 heavy (non-hydrogen) atoms. The van der Waals surface area contributed by atoms with E-state index in [2.05, 4.69) is 51.2 Å². The van der Waals surface area contributed by atoms with Crippen molar-refractivity contribution in [2.24, 2.45) is 0 Å². The van der Waals surface area contributed by atoms with Gasteiger partial charge in [-0.3, -0.25) is 9.78 Å². The Bertz CT molecular complexity index is 1010. The average molecular weight is 450 g/mol. The fraction of sp³-hybridized carbons (Fsp3) is 0.500. The summed E-state index contributed by atoms with van der Waals surface area (Å²) in [4.78, 5) is 19.9. The maximum atomic E-state index is 13.2. The van der Waals surface area contributed by atoms with E-state index in [4.69, 9.17) is 4.98 Å². The summed E-state index contributed by atoms with van der Waals surface area (Å²) in [5.41, 5.74) is 4.37. The van der Waals surface area contributed by atoms with Crippen molar-refractivity contribution in [2.75, 3.05) is 13.1 Å². The number of rotatable bonds is 5. The first-order chi connectivity index (χ1) is 15.6. The monoisotopic (exact) mass is 449 g/mol. The van der Waals surface area contributed by atoms with Crippen LogP contribution in [-0.4, -0.2) is 40.0 Å². The summed E-state index contributed by atoms with van der Waals surface area (Å²) in [6.45, 7) is 10.3. The molecular formula is C28H36FN3O. The molecule has 0 saturated carbocycles. The van der Waals surface area contributed by atoms with Gasteiger partial charge in [-0.05, 0) is 82.7 Å². The van der Waals surface area contributed by atoms with Crippen LogP contribution in [0.5, 0.6) is 0 Å². The van der Waals surface area contributed by atoms with Crippen LogP contribution in [0.25, 0.3) is 0 Å². The molecule has 5 heteroatoms. The first-order valence-electron chi connectivity index (χ1n) is 12.1. The van der Waals surface area contributed by atoms with Gasteiger partial charge in [0.05, 0.1) is 0 Å². The number of pyridine rings is 1. The molecule has 2 aliphatic rings. The number of likely N-dealkylation sites (tertiary alicyclic amines) is 1. The zero-order valence-electron chi connectivity index (χ0n) is 20.3. The van der Waals surface area contributed by atoms with Crippen molar-refractivity contribution in [3.63, 3.8) is 0 Å². The number of hydrogen-bond acceptors (Lipinski definition) is 3. The molecule has 1 fully saturated rings. The minimum atomic E-state index is -0.215. The van der Waals surface area contributed by atoms with Crippen molar-refractivity contribution in [3.05, 3.63) is 76.9 Å². The normalized spacial score (nSPS) is 22.0. The molecule has 1 aromatic heterocycles. The van der Waals surface area contributed by atoms with Crippen LogP contribution in [0.15, 0.2) is 54.2 Å². The Morgan fingerprint density at radius 3 is 2.52 bits per heavy atom. The molecule has 0 radical (unpaired) electrons. The van der Waals surface area contributed by atoms with Crippen LogP contribution >= 0.6 is 0 Å². The van der Waals surface area contributed by atoms with Crippen LogP contribution in [0.1, 0.15) is 76.1 Å². The van der Waals surface area contributed by atoms with E-state index < -0.39 is 0 Å². The summed E-state index contributed by atoms with van der Waals surface area (Å²) >= 11 is 0. The largest absolute Gasteiger partial charge is 0.342 e. The minimum absolute atomic E-state index is 0.00211. The van der Waals surface area contributed by atoms with Crippen molar-refractivity contribution >= 4 is 5.91 Å². The van der Waals surface area contributed by atoms with E-state index in [1.807, 2.05) is 23.2 Å². The number of carbonyl (C=O) groups excluding carboxylic acids is 1. The van der Waals surface area contributed by atoms with Gasteiger partial charge in [-0.2, -0.15) is 0 Å². The highest BCUT2D eigenvalue weighted by molar-refractivity contribution is 5.79. The van der Waals surface area contributed by atoms with E-state index in [-0.39, 0.29) is 28.7 Å². The molecule has 0 spiro atoms. The van der Waals surface area contributed by atoms with Gasteiger partial charge < -0.3 is 10.2 Å². The molecule has 176 valence electrons. The van der Waals surface area contributed by atoms with Gasteiger partial charge in [0.2, 0.25) is 5.91 Å². The van der Waals surface area contributed by atoms with Gasteiger partial charge in [-0.25, -0.2) is 4.39 Å². The first-order valence-corrected chi connectivity index (χ1v) is 12.1. The van der Waals surface area contributed by atoms with Crippen LogP contribution in [0, 0.1) is 5.82 Å². The van der Waals surface area contributed by atoms with Gasteiger partial charge in [0.1, 0.15) is 5.82 Å². The lowest BCUT2D eigenvalue weighted by Gasteiger charge is -2.41. The van der Waals surface area contributed by atoms with E-state index in [1.165, 1.54) is 17.7 Å². The third kappa shape index (κ3) is 6.29. The fourth-order valence-corrected chi connectivity index (χ4v) is 5.57. The van der Waals surface area contributed by atoms with E-state index in [0.29, 0.717) is 6.42 Å². The maximum Gasteiger partial charge on any atom is 0.226 e. The zero-order valence-corrected chi connectivity index (χ0v) is 20.3. The molecule has 1 aromatic carbocycles. The Morgan fingerprint density at radius 2 is 1.85 bits per heavy atom. The highest BCUT2D eigenvalue weighted by Crippen LogP contribution is 2.31. The van der Waals surface area contributed by atoms with Gasteiger partial charge in [0.25, 0.3) is 0 Å². The van der Waals surface area contributed by atoms with E-state index in [0.717, 1.165) is 55.6 Å². The summed E-state index contributed by atoms with van der Waals surface area (Å²) in [7, 11) is 0. The second-order valence-electron chi connectivity index (χ2n) is 11.0. The summed E-state index contributed by atoms with van der Waals surface area (Å²) in [5, 5.41) is 3.64. The Morgan fingerprint density at radius 1 is 1.12 bits per heavy atom. The molecule has 4 rings (SSSR count). The molecule has 1 N–H and O–H groups in total. The smallest absolute Gasteiger partial charge is 0.226 e. The Labute approximate surface area is 197 Å². The maximum absolute atomic E-state index is 13.2. The van der Waals surface area contributed by atoms with Gasteiger partial charge >= 0.3 is 0 Å². The molecule has 3 heterocycles. The quantitative estimate of drug-likeness (QED) is 0.623. The van der Waals surface area contributed by atoms with Crippen molar-refractivity contribution in [2.45, 2.75) is 76.8 Å². The van der Waals surface area contributed by atoms with E-state index in [1.54, 1.807) is 0 Å². The first kappa shape index (κ1) is 23.6. The molecule has 2 aliphatic heterocycles. The van der Waals surface area contributed by atoms with E-state index in [9.17, 15) is 9.18 Å². The fourth-order valence-electron chi connectivity index (χ4n) is 5.57. The van der Waals surface area contributed by atoms with E-state index >= 15 is 0 Å². The molecule has 1 saturated heterocycles. The number of amides is 1. The Balaban J connectivity index is 1.37. The minimum Gasteiger partial charge on any atom is -0.342 e. The summed E-state index contributed by atoms with van der Waals surface area (Å²) in [6.07, 6.45) is 8.36. The number of benzene rings is 1. The molecule has 4 nitrogen and oxygen atoms in total. The number of hydrogen-bond donors (Lipinski definition) is 1. The molecule has 1 amide bonds. The van der Waals surface area contributed by atoms with Gasteiger partial charge in [0, 0.05) is 48.4 Å². The lowest BCUT2D eigenvalue weighted by Crippen LogP contribution is -2.54.